The molecule has 0 N–H and O–H groups in total. The smallest absolute Gasteiger partial charge is 0.330 e. The quantitative estimate of drug-likeness (QED) is 0.311. The summed E-state index contributed by atoms with van der Waals surface area (Å²) in [5, 5.41) is 1.41. The van der Waals surface area contributed by atoms with Crippen LogP contribution in [0.2, 0.25) is 0 Å². The molecule has 2 aromatic carbocycles. The molecule has 0 saturated heterocycles. The number of carbonyl (C=O) groups is 1. The average molecular weight is 326 g/mol. The summed E-state index contributed by atoms with van der Waals surface area (Å²) in [5.41, 5.74) is 0.0285. The van der Waals surface area contributed by atoms with Gasteiger partial charge in [0.1, 0.15) is 19.0 Å². The maximum atomic E-state index is 12.5. The first-order valence-electron chi connectivity index (χ1n) is 7.06. The number of hydrogen-bond donors (Lipinski definition) is 0. The molecule has 4 nitrogen and oxygen atoms in total. The number of benzene rings is 2. The summed E-state index contributed by atoms with van der Waals surface area (Å²) in [6, 6.07) is 12.9. The molecule has 0 radical (unpaired) electrons. The molecule has 0 fully saturated rings. The molecule has 0 bridgehead atoms. The lowest BCUT2D eigenvalue weighted by Crippen LogP contribution is -2.10. The van der Waals surface area contributed by atoms with Gasteiger partial charge in [-0.1, -0.05) is 18.7 Å². The van der Waals surface area contributed by atoms with Crippen molar-refractivity contribution in [1.82, 2.24) is 0 Å². The van der Waals surface area contributed by atoms with Crippen molar-refractivity contribution in [2.24, 2.45) is 0 Å². The third kappa shape index (κ3) is 3.24. The Labute approximate surface area is 136 Å². The molecular weight excluding hydrogens is 312 g/mol. The lowest BCUT2D eigenvalue weighted by molar-refractivity contribution is -0.138. The normalized spacial score (nSPS) is 10.6. The molecule has 3 aromatic rings. The van der Waals surface area contributed by atoms with Crippen LogP contribution in [-0.4, -0.2) is 19.2 Å². The van der Waals surface area contributed by atoms with Gasteiger partial charge in [-0.3, -0.25) is 4.79 Å². The lowest BCUT2D eigenvalue weighted by Gasteiger charge is -2.07. The van der Waals surface area contributed by atoms with Gasteiger partial charge in [0, 0.05) is 26.2 Å². The molecule has 3 rings (SSSR count). The predicted octanol–water partition coefficient (Wildman–Crippen LogP) is 3.52. The van der Waals surface area contributed by atoms with Gasteiger partial charge in [-0.2, -0.15) is 0 Å². The van der Waals surface area contributed by atoms with Gasteiger partial charge >= 0.3 is 5.97 Å². The average Bonchev–Trinajstić information content (AvgIpc) is 2.58. The van der Waals surface area contributed by atoms with E-state index in [1.54, 1.807) is 23.5 Å². The zero-order chi connectivity index (χ0) is 16.2. The molecule has 0 spiro atoms. The van der Waals surface area contributed by atoms with E-state index in [4.69, 9.17) is 9.47 Å². The number of rotatable bonds is 5. The topological polar surface area (TPSA) is 52.6 Å². The van der Waals surface area contributed by atoms with Crippen molar-refractivity contribution in [3.8, 4) is 5.75 Å². The van der Waals surface area contributed by atoms with Crippen LogP contribution in [0.4, 0.5) is 0 Å². The Kier molecular flexibility index (Phi) is 4.39. The van der Waals surface area contributed by atoms with Gasteiger partial charge in [-0.25, -0.2) is 4.79 Å². The molecule has 0 amide bonds. The molecule has 0 aliphatic carbocycles. The molecule has 1 aromatic heterocycles. The second-order valence-electron chi connectivity index (χ2n) is 4.81. The van der Waals surface area contributed by atoms with E-state index >= 15 is 0 Å². The number of hydrogen-bond acceptors (Lipinski definition) is 5. The van der Waals surface area contributed by atoms with Gasteiger partial charge in [0.05, 0.1) is 0 Å². The summed E-state index contributed by atoms with van der Waals surface area (Å²) >= 11 is 1.55. The number of carbonyl (C=O) groups excluding carboxylic acids is 1. The van der Waals surface area contributed by atoms with Gasteiger partial charge in [0.15, 0.2) is 5.43 Å². The highest BCUT2D eigenvalue weighted by atomic mass is 32.1. The van der Waals surface area contributed by atoms with Crippen molar-refractivity contribution in [3.05, 3.63) is 65.3 Å². The third-order valence-corrected chi connectivity index (χ3v) is 4.45. The van der Waals surface area contributed by atoms with E-state index < -0.39 is 5.97 Å². The Morgan fingerprint density at radius 2 is 1.87 bits per heavy atom. The van der Waals surface area contributed by atoms with Crippen LogP contribution in [0.5, 0.6) is 5.75 Å². The standard InChI is InChI=1S/C18H14O4S/c1-2-17(19)22-10-9-21-12-7-8-14-16(11-12)23-15-6-4-3-5-13(15)18(14)20/h2-8,11H,1,9-10H2. The SMILES string of the molecule is C=CC(=O)OCCOc1ccc2c(=O)c3ccccc3sc2c1. The van der Waals surface area contributed by atoms with Crippen LogP contribution in [0.25, 0.3) is 20.2 Å². The maximum absolute atomic E-state index is 12.5. The summed E-state index contributed by atoms with van der Waals surface area (Å²) < 4.78 is 12.2. The largest absolute Gasteiger partial charge is 0.490 e. The molecule has 5 heteroatoms. The third-order valence-electron chi connectivity index (χ3n) is 3.31. The van der Waals surface area contributed by atoms with Crippen molar-refractivity contribution >= 4 is 37.5 Å². The van der Waals surface area contributed by atoms with E-state index in [9.17, 15) is 9.59 Å². The van der Waals surface area contributed by atoms with Gasteiger partial charge in [-0.05, 0) is 30.3 Å². The van der Waals surface area contributed by atoms with Crippen LogP contribution in [0.3, 0.4) is 0 Å². The molecule has 0 saturated carbocycles. The lowest BCUT2D eigenvalue weighted by atomic mass is 10.2. The van der Waals surface area contributed by atoms with Crippen LogP contribution in [0, 0.1) is 0 Å². The zero-order valence-corrected chi connectivity index (χ0v) is 13.1. The molecular formula is C18H14O4S. The predicted molar refractivity (Wildman–Crippen MR) is 92.3 cm³/mol. The Balaban J connectivity index is 1.84. The molecule has 116 valence electrons. The fourth-order valence-electron chi connectivity index (χ4n) is 2.23. The minimum absolute atomic E-state index is 0.0285. The summed E-state index contributed by atoms with van der Waals surface area (Å²) in [6.07, 6.45) is 1.11. The van der Waals surface area contributed by atoms with E-state index in [1.165, 1.54) is 0 Å². The van der Waals surface area contributed by atoms with Crippen LogP contribution < -0.4 is 10.2 Å². The van der Waals surface area contributed by atoms with Crippen LogP contribution in [0.15, 0.2) is 59.9 Å². The van der Waals surface area contributed by atoms with E-state index in [2.05, 4.69) is 6.58 Å². The van der Waals surface area contributed by atoms with E-state index in [-0.39, 0.29) is 18.6 Å². The highest BCUT2D eigenvalue weighted by molar-refractivity contribution is 7.24. The second-order valence-corrected chi connectivity index (χ2v) is 5.89. The molecule has 0 atom stereocenters. The van der Waals surface area contributed by atoms with E-state index in [0.29, 0.717) is 11.1 Å². The van der Waals surface area contributed by atoms with Gasteiger partial charge in [0.25, 0.3) is 0 Å². The first-order valence-corrected chi connectivity index (χ1v) is 7.88. The van der Waals surface area contributed by atoms with E-state index in [0.717, 1.165) is 20.9 Å². The fraction of sp³-hybridized carbons (Fsp3) is 0.111. The highest BCUT2D eigenvalue weighted by Gasteiger charge is 2.07. The number of esters is 1. The Morgan fingerprint density at radius 1 is 1.09 bits per heavy atom. The molecule has 0 aliphatic rings. The Bertz CT molecular complexity index is 943. The fourth-order valence-corrected chi connectivity index (χ4v) is 3.33. The van der Waals surface area contributed by atoms with Gasteiger partial charge in [0.2, 0.25) is 0 Å². The maximum Gasteiger partial charge on any atom is 0.330 e. The Hall–Kier alpha value is -2.66. The van der Waals surface area contributed by atoms with E-state index in [1.807, 2.05) is 30.3 Å². The molecule has 23 heavy (non-hydrogen) atoms. The Morgan fingerprint density at radius 3 is 2.70 bits per heavy atom. The monoisotopic (exact) mass is 326 g/mol. The van der Waals surface area contributed by atoms with Crippen molar-refractivity contribution < 1.29 is 14.3 Å². The molecule has 0 unspecified atom stereocenters. The molecule has 1 heterocycles. The van der Waals surface area contributed by atoms with Crippen molar-refractivity contribution in [2.45, 2.75) is 0 Å². The second kappa shape index (κ2) is 6.62. The van der Waals surface area contributed by atoms with Crippen molar-refractivity contribution in [3.63, 3.8) is 0 Å². The number of fused-ring (bicyclic) bond motifs is 2. The molecule has 0 aliphatic heterocycles. The number of ether oxygens (including phenoxy) is 2. The summed E-state index contributed by atoms with van der Waals surface area (Å²) in [4.78, 5) is 23.4. The van der Waals surface area contributed by atoms with Gasteiger partial charge in [-0.15, -0.1) is 11.3 Å². The van der Waals surface area contributed by atoms with Crippen LogP contribution in [-0.2, 0) is 9.53 Å². The highest BCUT2D eigenvalue weighted by Crippen LogP contribution is 2.27. The summed E-state index contributed by atoms with van der Waals surface area (Å²) in [6.45, 7) is 3.71. The summed E-state index contributed by atoms with van der Waals surface area (Å²) in [7, 11) is 0. The van der Waals surface area contributed by atoms with Crippen LogP contribution in [0.1, 0.15) is 0 Å². The summed E-state index contributed by atoms with van der Waals surface area (Å²) in [5.74, 6) is 0.162. The first-order chi connectivity index (χ1) is 11.2. The minimum Gasteiger partial charge on any atom is -0.490 e. The van der Waals surface area contributed by atoms with Gasteiger partial charge < -0.3 is 9.47 Å². The minimum atomic E-state index is -0.475. The van der Waals surface area contributed by atoms with Crippen molar-refractivity contribution in [2.75, 3.05) is 13.2 Å². The van der Waals surface area contributed by atoms with Crippen molar-refractivity contribution in [1.29, 1.82) is 0 Å². The first kappa shape index (κ1) is 15.2. The van der Waals surface area contributed by atoms with Crippen LogP contribution >= 0.6 is 11.3 Å². The zero-order valence-electron chi connectivity index (χ0n) is 12.3.